The van der Waals surface area contributed by atoms with E-state index in [4.69, 9.17) is 4.42 Å². The van der Waals surface area contributed by atoms with E-state index in [0.29, 0.717) is 0 Å². The molecule has 0 aliphatic heterocycles. The Kier molecular flexibility index (Phi) is 6.18. The highest BCUT2D eigenvalue weighted by Crippen LogP contribution is 2.42. The van der Waals surface area contributed by atoms with Gasteiger partial charge in [0.1, 0.15) is 11.2 Å². The fourth-order valence-corrected chi connectivity index (χ4v) is 7.51. The molecule has 0 unspecified atom stereocenters. The first-order chi connectivity index (χ1) is 24.3. The summed E-state index contributed by atoms with van der Waals surface area (Å²) in [6, 6.07) is 64.9. The minimum atomic E-state index is 0.882. The molecule has 10 rings (SSSR count). The molecule has 0 saturated carbocycles. The molecule has 0 spiro atoms. The lowest BCUT2D eigenvalue weighted by Crippen LogP contribution is -2.09. The fraction of sp³-hybridized carbons (Fsp3) is 0. The summed E-state index contributed by atoms with van der Waals surface area (Å²) in [4.78, 5) is 2.30. The highest BCUT2D eigenvalue weighted by molar-refractivity contribution is 6.20. The fourth-order valence-electron chi connectivity index (χ4n) is 7.51. The molecule has 0 aliphatic carbocycles. The van der Waals surface area contributed by atoms with Gasteiger partial charge in [0, 0.05) is 44.3 Å². The molecule has 0 N–H and O–H groups in total. The molecule has 8 aromatic carbocycles. The highest BCUT2D eigenvalue weighted by atomic mass is 16.3. The molecule has 0 atom stereocenters. The van der Waals surface area contributed by atoms with Crippen LogP contribution in [0.2, 0.25) is 0 Å². The van der Waals surface area contributed by atoms with E-state index in [0.717, 1.165) is 39.0 Å². The second kappa shape index (κ2) is 11.0. The molecule has 230 valence electrons. The van der Waals surface area contributed by atoms with E-state index in [-0.39, 0.29) is 0 Å². The molecule has 0 radical (unpaired) electrons. The quantitative estimate of drug-likeness (QED) is 0.190. The Morgan fingerprint density at radius 2 is 0.980 bits per heavy atom. The van der Waals surface area contributed by atoms with Crippen LogP contribution in [-0.4, -0.2) is 4.57 Å². The lowest BCUT2D eigenvalue weighted by molar-refractivity contribution is 0.669. The van der Waals surface area contributed by atoms with Crippen LogP contribution in [0.3, 0.4) is 0 Å². The molecule has 0 aliphatic rings. The standard InChI is InChI=1S/C46H30N2O/c1-4-12-34(13-5-1)47(35-14-6-2-7-15-35)37-24-27-44-41(30-37)46-39-28-32(21-20-31(39)23-26-45(46)49-44)33-22-25-43-40(29-33)38-18-10-11-19-42(38)48(43)36-16-8-3-9-17-36/h1-30H. The van der Waals surface area contributed by atoms with Gasteiger partial charge in [-0.15, -0.1) is 0 Å². The third-order valence-corrected chi connectivity index (χ3v) is 9.74. The summed E-state index contributed by atoms with van der Waals surface area (Å²) in [5.74, 6) is 0. The Morgan fingerprint density at radius 1 is 0.388 bits per heavy atom. The predicted octanol–water partition coefficient (Wildman–Crippen LogP) is 13.0. The van der Waals surface area contributed by atoms with Gasteiger partial charge >= 0.3 is 0 Å². The molecule has 10 aromatic rings. The number of nitrogens with zero attached hydrogens (tertiary/aromatic N) is 2. The minimum absolute atomic E-state index is 0.882. The van der Waals surface area contributed by atoms with Crippen LogP contribution in [0.5, 0.6) is 0 Å². The first-order valence-electron chi connectivity index (χ1n) is 16.7. The topological polar surface area (TPSA) is 21.3 Å². The molecule has 0 saturated heterocycles. The molecule has 0 fully saturated rings. The summed E-state index contributed by atoms with van der Waals surface area (Å²) in [7, 11) is 0. The monoisotopic (exact) mass is 626 g/mol. The maximum Gasteiger partial charge on any atom is 0.136 e. The Morgan fingerprint density at radius 3 is 1.73 bits per heavy atom. The number of furan rings is 1. The molecule has 49 heavy (non-hydrogen) atoms. The van der Waals surface area contributed by atoms with Crippen molar-refractivity contribution in [3.63, 3.8) is 0 Å². The van der Waals surface area contributed by atoms with E-state index in [1.165, 1.54) is 49.4 Å². The van der Waals surface area contributed by atoms with Gasteiger partial charge in [0.25, 0.3) is 0 Å². The summed E-state index contributed by atoms with van der Waals surface area (Å²) in [5.41, 5.74) is 11.0. The van der Waals surface area contributed by atoms with E-state index in [9.17, 15) is 0 Å². The van der Waals surface area contributed by atoms with E-state index >= 15 is 0 Å². The summed E-state index contributed by atoms with van der Waals surface area (Å²) in [6.07, 6.45) is 0. The van der Waals surface area contributed by atoms with E-state index in [1.54, 1.807) is 0 Å². The zero-order valence-electron chi connectivity index (χ0n) is 26.6. The molecule has 2 aromatic heterocycles. The number of fused-ring (bicyclic) bond motifs is 8. The van der Waals surface area contributed by atoms with Gasteiger partial charge in [-0.05, 0) is 107 Å². The molecule has 3 heteroatoms. The van der Waals surface area contributed by atoms with Gasteiger partial charge in [-0.1, -0.05) is 97.1 Å². The van der Waals surface area contributed by atoms with E-state index < -0.39 is 0 Å². The van der Waals surface area contributed by atoms with Crippen LogP contribution in [-0.2, 0) is 0 Å². The maximum absolute atomic E-state index is 6.48. The van der Waals surface area contributed by atoms with Crippen molar-refractivity contribution in [2.75, 3.05) is 4.90 Å². The van der Waals surface area contributed by atoms with Crippen molar-refractivity contribution in [2.45, 2.75) is 0 Å². The van der Waals surface area contributed by atoms with Crippen molar-refractivity contribution >= 4 is 71.6 Å². The van der Waals surface area contributed by atoms with Crippen molar-refractivity contribution < 1.29 is 4.42 Å². The molecule has 0 amide bonds. The summed E-state index contributed by atoms with van der Waals surface area (Å²) in [5, 5.41) is 7.11. The smallest absolute Gasteiger partial charge is 0.136 e. The third kappa shape index (κ3) is 4.44. The number of para-hydroxylation sites is 4. The lowest BCUT2D eigenvalue weighted by atomic mass is 9.97. The van der Waals surface area contributed by atoms with Crippen LogP contribution in [0.15, 0.2) is 186 Å². The predicted molar refractivity (Wildman–Crippen MR) is 206 cm³/mol. The zero-order valence-corrected chi connectivity index (χ0v) is 26.6. The first kappa shape index (κ1) is 27.5. The summed E-state index contributed by atoms with van der Waals surface area (Å²) in [6.45, 7) is 0. The molecular weight excluding hydrogens is 597 g/mol. The molecule has 0 bridgehead atoms. The van der Waals surface area contributed by atoms with Crippen LogP contribution in [0.1, 0.15) is 0 Å². The van der Waals surface area contributed by atoms with Crippen LogP contribution in [0.4, 0.5) is 17.1 Å². The van der Waals surface area contributed by atoms with Gasteiger partial charge in [0.05, 0.1) is 11.0 Å². The number of hydrogen-bond donors (Lipinski definition) is 0. The van der Waals surface area contributed by atoms with Crippen molar-refractivity contribution in [3.8, 4) is 16.8 Å². The van der Waals surface area contributed by atoms with Gasteiger partial charge in [0.15, 0.2) is 0 Å². The van der Waals surface area contributed by atoms with Gasteiger partial charge in [-0.3, -0.25) is 0 Å². The maximum atomic E-state index is 6.48. The summed E-state index contributed by atoms with van der Waals surface area (Å²) < 4.78 is 8.84. The van der Waals surface area contributed by atoms with E-state index in [1.807, 2.05) is 0 Å². The number of hydrogen-bond acceptors (Lipinski definition) is 2. The lowest BCUT2D eigenvalue weighted by Gasteiger charge is -2.25. The van der Waals surface area contributed by atoms with Crippen molar-refractivity contribution in [3.05, 3.63) is 182 Å². The van der Waals surface area contributed by atoms with Gasteiger partial charge < -0.3 is 13.9 Å². The van der Waals surface area contributed by atoms with Gasteiger partial charge in [-0.2, -0.15) is 0 Å². The van der Waals surface area contributed by atoms with Crippen LogP contribution in [0, 0.1) is 0 Å². The Labute approximate surface area is 283 Å². The zero-order chi connectivity index (χ0) is 32.3. The number of aromatic nitrogens is 1. The Bertz CT molecular complexity index is 2770. The Hall–Kier alpha value is -6.58. The first-order valence-corrected chi connectivity index (χ1v) is 16.7. The Balaban J connectivity index is 1.16. The average molecular weight is 627 g/mol. The van der Waals surface area contributed by atoms with Crippen molar-refractivity contribution in [1.82, 2.24) is 4.57 Å². The third-order valence-electron chi connectivity index (χ3n) is 9.74. The minimum Gasteiger partial charge on any atom is -0.456 e. The molecule has 3 nitrogen and oxygen atoms in total. The highest BCUT2D eigenvalue weighted by Gasteiger charge is 2.18. The van der Waals surface area contributed by atoms with Gasteiger partial charge in [-0.25, -0.2) is 0 Å². The van der Waals surface area contributed by atoms with Gasteiger partial charge in [0.2, 0.25) is 0 Å². The number of anilines is 3. The second-order valence-electron chi connectivity index (χ2n) is 12.6. The van der Waals surface area contributed by atoms with Crippen LogP contribution >= 0.6 is 0 Å². The van der Waals surface area contributed by atoms with Crippen LogP contribution < -0.4 is 4.90 Å². The average Bonchev–Trinajstić information content (AvgIpc) is 3.71. The van der Waals surface area contributed by atoms with Crippen molar-refractivity contribution in [1.29, 1.82) is 0 Å². The number of benzene rings is 8. The SMILES string of the molecule is c1ccc(N(c2ccccc2)c2ccc3oc4ccc5ccc(-c6ccc7c(c6)c6ccccc6n7-c6ccccc6)cc5c4c3c2)cc1. The largest absolute Gasteiger partial charge is 0.456 e. The summed E-state index contributed by atoms with van der Waals surface area (Å²) >= 11 is 0. The van der Waals surface area contributed by atoms with Crippen LogP contribution in [0.25, 0.3) is 71.3 Å². The molecular formula is C46H30N2O. The second-order valence-corrected chi connectivity index (χ2v) is 12.6. The molecule has 2 heterocycles. The van der Waals surface area contributed by atoms with Crippen molar-refractivity contribution in [2.24, 2.45) is 0 Å². The number of rotatable bonds is 5. The van der Waals surface area contributed by atoms with E-state index in [2.05, 4.69) is 191 Å². The normalized spacial score (nSPS) is 11.7.